The normalized spacial score (nSPS) is 14.6. The average molecular weight is 384 g/mol. The SMILES string of the molecule is COC(=O)c1ccccc1C(=O)N1CCC(=O)N(Cc2ccccc2F)CC1. The van der Waals surface area contributed by atoms with Crippen molar-refractivity contribution in [1.29, 1.82) is 0 Å². The van der Waals surface area contributed by atoms with Crippen LogP contribution < -0.4 is 0 Å². The van der Waals surface area contributed by atoms with E-state index in [1.54, 1.807) is 46.2 Å². The highest BCUT2D eigenvalue weighted by molar-refractivity contribution is 6.05. The van der Waals surface area contributed by atoms with Crippen molar-refractivity contribution in [2.45, 2.75) is 13.0 Å². The molecule has 1 aliphatic heterocycles. The van der Waals surface area contributed by atoms with Crippen molar-refractivity contribution in [2.75, 3.05) is 26.7 Å². The lowest BCUT2D eigenvalue weighted by Crippen LogP contribution is -2.36. The molecule has 6 nitrogen and oxygen atoms in total. The third kappa shape index (κ3) is 4.19. The number of hydrogen-bond acceptors (Lipinski definition) is 4. The summed E-state index contributed by atoms with van der Waals surface area (Å²) >= 11 is 0. The van der Waals surface area contributed by atoms with E-state index in [0.29, 0.717) is 18.7 Å². The highest BCUT2D eigenvalue weighted by Gasteiger charge is 2.27. The first kappa shape index (κ1) is 19.5. The van der Waals surface area contributed by atoms with Gasteiger partial charge in [0.05, 0.1) is 18.2 Å². The highest BCUT2D eigenvalue weighted by Crippen LogP contribution is 2.17. The first-order valence-electron chi connectivity index (χ1n) is 8.99. The Kier molecular flexibility index (Phi) is 6.03. The third-order valence-electron chi connectivity index (χ3n) is 4.76. The second-order valence-electron chi connectivity index (χ2n) is 6.49. The molecule has 146 valence electrons. The molecule has 1 fully saturated rings. The van der Waals surface area contributed by atoms with Gasteiger partial charge in [-0.25, -0.2) is 9.18 Å². The Bertz CT molecular complexity index is 899. The van der Waals surface area contributed by atoms with Gasteiger partial charge in [-0.15, -0.1) is 0 Å². The topological polar surface area (TPSA) is 66.9 Å². The van der Waals surface area contributed by atoms with E-state index in [1.807, 2.05) is 0 Å². The first-order valence-corrected chi connectivity index (χ1v) is 8.99. The lowest BCUT2D eigenvalue weighted by atomic mass is 10.1. The van der Waals surface area contributed by atoms with Gasteiger partial charge in [0.15, 0.2) is 0 Å². The van der Waals surface area contributed by atoms with Gasteiger partial charge >= 0.3 is 5.97 Å². The molecule has 0 N–H and O–H groups in total. The number of benzene rings is 2. The van der Waals surface area contributed by atoms with Gasteiger partial charge in [0, 0.05) is 38.2 Å². The van der Waals surface area contributed by atoms with E-state index < -0.39 is 5.97 Å². The van der Waals surface area contributed by atoms with Crippen molar-refractivity contribution in [3.8, 4) is 0 Å². The molecule has 0 spiro atoms. The average Bonchev–Trinajstić information content (AvgIpc) is 2.90. The molecular weight excluding hydrogens is 363 g/mol. The maximum Gasteiger partial charge on any atom is 0.338 e. The van der Waals surface area contributed by atoms with Crippen molar-refractivity contribution in [2.24, 2.45) is 0 Å². The van der Waals surface area contributed by atoms with Crippen LogP contribution in [0.2, 0.25) is 0 Å². The zero-order chi connectivity index (χ0) is 20.1. The third-order valence-corrected chi connectivity index (χ3v) is 4.76. The summed E-state index contributed by atoms with van der Waals surface area (Å²) in [5.74, 6) is -1.42. The number of nitrogens with zero attached hydrogens (tertiary/aromatic N) is 2. The molecule has 0 unspecified atom stereocenters. The molecule has 1 heterocycles. The molecule has 0 aromatic heterocycles. The lowest BCUT2D eigenvalue weighted by molar-refractivity contribution is -0.130. The van der Waals surface area contributed by atoms with Gasteiger partial charge in [0.1, 0.15) is 5.82 Å². The van der Waals surface area contributed by atoms with E-state index in [-0.39, 0.29) is 48.3 Å². The molecule has 7 heteroatoms. The van der Waals surface area contributed by atoms with E-state index in [9.17, 15) is 18.8 Å². The van der Waals surface area contributed by atoms with Gasteiger partial charge in [-0.3, -0.25) is 9.59 Å². The molecular formula is C21H21FN2O4. The summed E-state index contributed by atoms with van der Waals surface area (Å²) in [5.41, 5.74) is 0.866. The fourth-order valence-corrected chi connectivity index (χ4v) is 3.20. The van der Waals surface area contributed by atoms with Crippen LogP contribution in [0.15, 0.2) is 48.5 Å². The van der Waals surface area contributed by atoms with Crippen LogP contribution in [-0.2, 0) is 16.1 Å². The Balaban J connectivity index is 1.74. The molecule has 3 rings (SSSR count). The Morgan fingerprint density at radius 2 is 1.68 bits per heavy atom. The van der Waals surface area contributed by atoms with Crippen molar-refractivity contribution in [3.63, 3.8) is 0 Å². The van der Waals surface area contributed by atoms with Crippen molar-refractivity contribution in [1.82, 2.24) is 9.80 Å². The summed E-state index contributed by atoms with van der Waals surface area (Å²) in [5, 5.41) is 0. The van der Waals surface area contributed by atoms with Crippen LogP contribution in [-0.4, -0.2) is 54.3 Å². The predicted octanol–water partition coefficient (Wildman–Crippen LogP) is 2.49. The minimum atomic E-state index is -0.587. The lowest BCUT2D eigenvalue weighted by Gasteiger charge is -2.23. The standard InChI is InChI=1S/C21H21FN2O4/c1-28-21(27)17-8-4-3-7-16(17)20(26)23-11-10-19(25)24(13-12-23)14-15-6-2-5-9-18(15)22/h2-9H,10-14H2,1H3. The van der Waals surface area contributed by atoms with Crippen LogP contribution in [0.5, 0.6) is 0 Å². The zero-order valence-electron chi connectivity index (χ0n) is 15.6. The molecule has 28 heavy (non-hydrogen) atoms. The van der Waals surface area contributed by atoms with E-state index >= 15 is 0 Å². The number of amides is 2. The number of carbonyl (C=O) groups is 3. The predicted molar refractivity (Wildman–Crippen MR) is 100 cm³/mol. The molecule has 0 atom stereocenters. The number of methoxy groups -OCH3 is 1. The van der Waals surface area contributed by atoms with E-state index in [2.05, 4.69) is 0 Å². The van der Waals surface area contributed by atoms with E-state index in [1.165, 1.54) is 19.2 Å². The molecule has 0 saturated carbocycles. The maximum absolute atomic E-state index is 13.9. The summed E-state index contributed by atoms with van der Waals surface area (Å²) in [6, 6.07) is 12.8. The molecule has 0 radical (unpaired) electrons. The Labute approximate surface area is 162 Å². The van der Waals surface area contributed by atoms with Gasteiger partial charge in [-0.1, -0.05) is 30.3 Å². The van der Waals surface area contributed by atoms with Gasteiger partial charge < -0.3 is 14.5 Å². The number of halogens is 1. The molecule has 0 bridgehead atoms. The monoisotopic (exact) mass is 384 g/mol. The summed E-state index contributed by atoms with van der Waals surface area (Å²) < 4.78 is 18.7. The minimum absolute atomic E-state index is 0.139. The number of esters is 1. The van der Waals surface area contributed by atoms with Crippen LogP contribution in [0.4, 0.5) is 4.39 Å². The Morgan fingerprint density at radius 1 is 1.00 bits per heavy atom. The molecule has 2 amide bonds. The molecule has 1 saturated heterocycles. The Hall–Kier alpha value is -3.22. The zero-order valence-corrected chi connectivity index (χ0v) is 15.6. The van der Waals surface area contributed by atoms with Crippen LogP contribution in [0.3, 0.4) is 0 Å². The summed E-state index contributed by atoms with van der Waals surface area (Å²) in [6.45, 7) is 0.987. The maximum atomic E-state index is 13.9. The van der Waals surface area contributed by atoms with Crippen molar-refractivity contribution in [3.05, 3.63) is 71.0 Å². The van der Waals surface area contributed by atoms with Crippen LogP contribution in [0.25, 0.3) is 0 Å². The van der Waals surface area contributed by atoms with E-state index in [4.69, 9.17) is 4.74 Å². The summed E-state index contributed by atoms with van der Waals surface area (Å²) in [6.07, 6.45) is 0.139. The first-order chi connectivity index (χ1) is 13.5. The van der Waals surface area contributed by atoms with Crippen molar-refractivity contribution >= 4 is 17.8 Å². The van der Waals surface area contributed by atoms with Crippen molar-refractivity contribution < 1.29 is 23.5 Å². The van der Waals surface area contributed by atoms with Gasteiger partial charge in [-0.05, 0) is 18.2 Å². The quantitative estimate of drug-likeness (QED) is 0.760. The molecule has 2 aromatic carbocycles. The number of rotatable bonds is 4. The summed E-state index contributed by atoms with van der Waals surface area (Å²) in [4.78, 5) is 40.4. The second-order valence-corrected chi connectivity index (χ2v) is 6.49. The van der Waals surface area contributed by atoms with Crippen LogP contribution in [0.1, 0.15) is 32.7 Å². The number of hydrogen-bond donors (Lipinski definition) is 0. The Morgan fingerprint density at radius 3 is 2.39 bits per heavy atom. The number of carbonyl (C=O) groups excluding carboxylic acids is 3. The summed E-state index contributed by atoms with van der Waals surface area (Å²) in [7, 11) is 1.26. The van der Waals surface area contributed by atoms with Gasteiger partial charge in [0.2, 0.25) is 5.91 Å². The molecule has 1 aliphatic rings. The molecule has 0 aliphatic carbocycles. The largest absolute Gasteiger partial charge is 0.465 e. The van der Waals surface area contributed by atoms with E-state index in [0.717, 1.165) is 0 Å². The molecule has 2 aromatic rings. The van der Waals surface area contributed by atoms with Crippen LogP contribution in [0, 0.1) is 5.82 Å². The van der Waals surface area contributed by atoms with Gasteiger partial charge in [0.25, 0.3) is 5.91 Å². The highest BCUT2D eigenvalue weighted by atomic mass is 19.1. The smallest absolute Gasteiger partial charge is 0.338 e. The number of ether oxygens (including phenoxy) is 1. The van der Waals surface area contributed by atoms with Crippen LogP contribution >= 0.6 is 0 Å². The fourth-order valence-electron chi connectivity index (χ4n) is 3.20. The minimum Gasteiger partial charge on any atom is -0.465 e. The fraction of sp³-hybridized carbons (Fsp3) is 0.286. The second kappa shape index (κ2) is 8.65. The van der Waals surface area contributed by atoms with Gasteiger partial charge in [-0.2, -0.15) is 0 Å².